The van der Waals surface area contributed by atoms with Gasteiger partial charge in [0.25, 0.3) is 0 Å². The van der Waals surface area contributed by atoms with E-state index in [9.17, 15) is 0 Å². The summed E-state index contributed by atoms with van der Waals surface area (Å²) in [4.78, 5) is 0. The Morgan fingerprint density at radius 2 is 1.79 bits per heavy atom. The molecular weight excluding hydrogens is 315 g/mol. The van der Waals surface area contributed by atoms with Crippen LogP contribution in [0.15, 0.2) is 46.4 Å². The fourth-order valence-electron chi connectivity index (χ4n) is 1.82. The Morgan fingerprint density at radius 1 is 1.11 bits per heavy atom. The molecule has 0 N–H and O–H groups in total. The Kier molecular flexibility index (Phi) is 8.08. The van der Waals surface area contributed by atoms with Crippen LogP contribution in [0, 0.1) is 0 Å². The molecule has 0 amide bonds. The average Bonchev–Trinajstić information content (AvgIpc) is 2.78. The van der Waals surface area contributed by atoms with Gasteiger partial charge in [0, 0.05) is 0 Å². The summed E-state index contributed by atoms with van der Waals surface area (Å²) in [5.74, 6) is 1.06. The van der Waals surface area contributed by atoms with Crippen LogP contribution >= 0.6 is 24.8 Å². The number of allylic oxidation sites excluding steroid dienone is 4. The van der Waals surface area contributed by atoms with Crippen molar-refractivity contribution in [3.63, 3.8) is 0 Å². The van der Waals surface area contributed by atoms with Gasteiger partial charge < -0.3 is 0 Å². The van der Waals surface area contributed by atoms with Crippen molar-refractivity contribution < 1.29 is 22.9 Å². The first-order chi connectivity index (χ1) is 8.07. The molecule has 0 radical (unpaired) electrons. The van der Waals surface area contributed by atoms with Crippen molar-refractivity contribution in [3.8, 4) is 5.75 Å². The molecule has 0 spiro atoms. The van der Waals surface area contributed by atoms with Crippen LogP contribution in [0.4, 0.5) is 0 Å². The molecule has 0 aliphatic heterocycles. The molecule has 19 heavy (non-hydrogen) atoms. The van der Waals surface area contributed by atoms with Crippen LogP contribution in [-0.4, -0.2) is 0 Å². The summed E-state index contributed by atoms with van der Waals surface area (Å²) in [6.45, 7) is 6.68. The van der Waals surface area contributed by atoms with E-state index in [1.165, 1.54) is 9.44 Å². The molecule has 0 saturated heterocycles. The van der Waals surface area contributed by atoms with Gasteiger partial charge in [0.05, 0.1) is 0 Å². The predicted octanol–water partition coefficient (Wildman–Crippen LogP) is 5.05. The average molecular weight is 335 g/mol. The van der Waals surface area contributed by atoms with E-state index in [-0.39, 0.29) is 30.2 Å². The summed E-state index contributed by atoms with van der Waals surface area (Å²) in [7, 11) is 0. The largest absolute Gasteiger partial charge is 0.147 e. The van der Waals surface area contributed by atoms with Gasteiger partial charge in [0.2, 0.25) is 0 Å². The number of para-hydroxylation sites is 1. The molecule has 4 heteroatoms. The maximum Gasteiger partial charge on any atom is -0.147 e. The normalized spacial score (nSPS) is 13.1. The third kappa shape index (κ3) is 5.35. The SMILES string of the molecule is CC(C)(C)c1ccccc1[O][Ti][C]1=CC=CC1.Cl.Cl. The van der Waals surface area contributed by atoms with Crippen LogP contribution in [0.2, 0.25) is 0 Å². The quantitative estimate of drug-likeness (QED) is 0.703. The molecule has 104 valence electrons. The zero-order valence-electron chi connectivity index (χ0n) is 11.5. The summed E-state index contributed by atoms with van der Waals surface area (Å²) in [5.41, 5.74) is 1.45. The Labute approximate surface area is 137 Å². The molecule has 0 heterocycles. The molecule has 0 unspecified atom stereocenters. The van der Waals surface area contributed by atoms with Crippen molar-refractivity contribution >= 4 is 24.8 Å². The number of rotatable bonds is 3. The molecule has 1 aliphatic rings. The van der Waals surface area contributed by atoms with E-state index in [0.29, 0.717) is 0 Å². The van der Waals surface area contributed by atoms with Crippen molar-refractivity contribution in [2.75, 3.05) is 0 Å². The third-order valence-electron chi connectivity index (χ3n) is 2.76. The molecule has 0 aromatic heterocycles. The first kappa shape index (κ1) is 18.8. The molecule has 1 aromatic rings. The Morgan fingerprint density at radius 3 is 2.37 bits per heavy atom. The van der Waals surface area contributed by atoms with E-state index in [0.717, 1.165) is 12.2 Å². The van der Waals surface area contributed by atoms with Gasteiger partial charge in [0.15, 0.2) is 0 Å². The van der Waals surface area contributed by atoms with E-state index in [1.807, 2.05) is 0 Å². The Hall–Kier alpha value is -0.206. The van der Waals surface area contributed by atoms with Crippen molar-refractivity contribution in [1.82, 2.24) is 0 Å². The molecule has 2 rings (SSSR count). The number of halogens is 2. The molecular formula is C15H20Cl2OTi. The van der Waals surface area contributed by atoms with Crippen LogP contribution in [0.3, 0.4) is 0 Å². The van der Waals surface area contributed by atoms with E-state index in [2.05, 4.69) is 63.3 Å². The second kappa shape index (κ2) is 8.16. The first-order valence-electron chi connectivity index (χ1n) is 5.95. The summed E-state index contributed by atoms with van der Waals surface area (Å²) < 4.78 is 7.53. The van der Waals surface area contributed by atoms with Gasteiger partial charge in [-0.25, -0.2) is 0 Å². The zero-order chi connectivity index (χ0) is 12.3. The van der Waals surface area contributed by atoms with E-state index in [4.69, 9.17) is 3.32 Å². The van der Waals surface area contributed by atoms with E-state index < -0.39 is 19.5 Å². The molecule has 0 fully saturated rings. The van der Waals surface area contributed by atoms with E-state index >= 15 is 0 Å². The molecule has 1 aliphatic carbocycles. The van der Waals surface area contributed by atoms with Crippen molar-refractivity contribution in [2.45, 2.75) is 32.6 Å². The summed E-state index contributed by atoms with van der Waals surface area (Å²) in [6.07, 6.45) is 7.59. The molecule has 1 aromatic carbocycles. The fraction of sp³-hybridized carbons (Fsp3) is 0.333. The van der Waals surface area contributed by atoms with Gasteiger partial charge in [-0.1, -0.05) is 0 Å². The van der Waals surface area contributed by atoms with Crippen molar-refractivity contribution in [3.05, 3.63) is 51.9 Å². The van der Waals surface area contributed by atoms with Crippen LogP contribution in [0.25, 0.3) is 0 Å². The maximum absolute atomic E-state index is 6.06. The van der Waals surface area contributed by atoms with Gasteiger partial charge in [-0.3, -0.25) is 0 Å². The number of hydrogen-bond acceptors (Lipinski definition) is 1. The topological polar surface area (TPSA) is 9.23 Å². The number of benzene rings is 1. The summed E-state index contributed by atoms with van der Waals surface area (Å²) >= 11 is -0.463. The van der Waals surface area contributed by atoms with Gasteiger partial charge in [0.1, 0.15) is 0 Å². The third-order valence-corrected chi connectivity index (χ3v) is 4.25. The first-order valence-corrected chi connectivity index (χ1v) is 7.37. The van der Waals surface area contributed by atoms with Crippen LogP contribution < -0.4 is 3.32 Å². The smallest absolute Gasteiger partial charge is 0.147 e. The van der Waals surface area contributed by atoms with Crippen LogP contribution in [0.5, 0.6) is 5.75 Å². The molecule has 0 atom stereocenters. The minimum atomic E-state index is -0.463. The second-order valence-corrected chi connectivity index (χ2v) is 6.91. The Balaban J connectivity index is 0.00000162. The Bertz CT molecular complexity index is 461. The van der Waals surface area contributed by atoms with Crippen LogP contribution in [-0.2, 0) is 25.0 Å². The van der Waals surface area contributed by atoms with Gasteiger partial charge in [-0.15, -0.1) is 24.8 Å². The molecule has 0 bridgehead atoms. The van der Waals surface area contributed by atoms with Crippen molar-refractivity contribution in [2.24, 2.45) is 0 Å². The monoisotopic (exact) mass is 334 g/mol. The minimum absolute atomic E-state index is 0. The second-order valence-electron chi connectivity index (χ2n) is 5.27. The summed E-state index contributed by atoms with van der Waals surface area (Å²) in [6, 6.07) is 8.40. The fourth-order valence-corrected chi connectivity index (χ4v) is 3.04. The maximum atomic E-state index is 6.06. The predicted molar refractivity (Wildman–Crippen MR) is 82.1 cm³/mol. The van der Waals surface area contributed by atoms with Gasteiger partial charge >= 0.3 is 113 Å². The van der Waals surface area contributed by atoms with Gasteiger partial charge in [-0.2, -0.15) is 0 Å². The van der Waals surface area contributed by atoms with Gasteiger partial charge in [-0.05, 0) is 0 Å². The zero-order valence-corrected chi connectivity index (χ0v) is 14.7. The molecule has 1 nitrogen and oxygen atoms in total. The number of hydrogen-bond donors (Lipinski definition) is 0. The van der Waals surface area contributed by atoms with Crippen LogP contribution in [0.1, 0.15) is 32.8 Å². The standard InChI is InChI=1S/C10H14O.C5H5.2ClH.Ti/c1-10(2,3)8-6-4-5-7-9(8)11;1-2-4-5-3-1;;;/h4-7,11H,1-3H3;1-3H,4H2;2*1H;/q;;;;+1/p-1. The summed E-state index contributed by atoms with van der Waals surface area (Å²) in [5, 5.41) is 0. The molecule has 0 saturated carbocycles. The minimum Gasteiger partial charge on any atom is -0.147 e. The van der Waals surface area contributed by atoms with E-state index in [1.54, 1.807) is 0 Å². The van der Waals surface area contributed by atoms with Crippen molar-refractivity contribution in [1.29, 1.82) is 0 Å².